The largest absolute Gasteiger partial charge is 0.365 e. The first-order valence-corrected chi connectivity index (χ1v) is 6.09. The van der Waals surface area contributed by atoms with Gasteiger partial charge in [0.25, 0.3) is 5.91 Å². The topological polar surface area (TPSA) is 54.2 Å². The second-order valence-corrected chi connectivity index (χ2v) is 5.11. The molecule has 2 spiro atoms. The molecule has 4 nitrogen and oxygen atoms in total. The van der Waals surface area contributed by atoms with Crippen LogP contribution in [0.15, 0.2) is 36.0 Å². The Balaban J connectivity index is 1.65. The van der Waals surface area contributed by atoms with Crippen molar-refractivity contribution in [2.24, 2.45) is 0 Å². The molecule has 4 heteroatoms. The zero-order valence-electron chi connectivity index (χ0n) is 9.81. The van der Waals surface area contributed by atoms with E-state index in [-0.39, 0.29) is 5.91 Å². The van der Waals surface area contributed by atoms with E-state index in [4.69, 9.17) is 9.47 Å². The molecule has 1 N–H and O–H groups in total. The minimum absolute atomic E-state index is 0.0616. The first-order chi connectivity index (χ1) is 8.74. The Hall–Kier alpha value is -1.65. The van der Waals surface area contributed by atoms with Crippen LogP contribution in [0.1, 0.15) is 12.0 Å². The first-order valence-electron chi connectivity index (χ1n) is 6.09. The van der Waals surface area contributed by atoms with Gasteiger partial charge in [-0.05, 0) is 11.6 Å². The smallest absolute Gasteiger partial charge is 0.261 e. The Bertz CT molecular complexity index is 541. The summed E-state index contributed by atoms with van der Waals surface area (Å²) in [6.45, 7) is 1.10. The highest BCUT2D eigenvalue weighted by Gasteiger charge is 2.76. The van der Waals surface area contributed by atoms with Crippen LogP contribution in [0.3, 0.4) is 0 Å². The maximum absolute atomic E-state index is 12.1. The number of hydrogen-bond donors (Lipinski definition) is 1. The van der Waals surface area contributed by atoms with Gasteiger partial charge in [0.15, 0.2) is 0 Å². The lowest BCUT2D eigenvalue weighted by Gasteiger charge is -2.27. The van der Waals surface area contributed by atoms with Gasteiger partial charge < -0.3 is 14.8 Å². The molecule has 4 rings (SSSR count). The third-order valence-corrected chi connectivity index (χ3v) is 3.92. The molecule has 0 unspecified atom stereocenters. The van der Waals surface area contributed by atoms with Crippen LogP contribution in [-0.2, 0) is 14.3 Å². The molecule has 3 saturated heterocycles. The van der Waals surface area contributed by atoms with Crippen molar-refractivity contribution in [3.05, 3.63) is 41.6 Å². The van der Waals surface area contributed by atoms with Crippen molar-refractivity contribution in [1.29, 1.82) is 0 Å². The molecule has 1 aromatic rings. The van der Waals surface area contributed by atoms with Crippen molar-refractivity contribution < 1.29 is 14.3 Å². The van der Waals surface area contributed by atoms with Gasteiger partial charge in [0.05, 0.1) is 13.2 Å². The van der Waals surface area contributed by atoms with Gasteiger partial charge in [0.1, 0.15) is 5.60 Å². The second-order valence-electron chi connectivity index (χ2n) is 5.11. The third-order valence-electron chi connectivity index (χ3n) is 3.92. The zero-order chi connectivity index (χ0) is 12.2. The van der Waals surface area contributed by atoms with E-state index in [0.29, 0.717) is 19.6 Å². The van der Waals surface area contributed by atoms with E-state index in [1.165, 1.54) is 0 Å². The molecular formula is C14H13NO3. The van der Waals surface area contributed by atoms with Crippen LogP contribution in [0, 0.1) is 0 Å². The molecule has 3 aliphatic heterocycles. The van der Waals surface area contributed by atoms with Crippen LogP contribution in [0.4, 0.5) is 0 Å². The Morgan fingerprint density at radius 1 is 1.17 bits per heavy atom. The molecule has 0 bridgehead atoms. The summed E-state index contributed by atoms with van der Waals surface area (Å²) in [6.07, 6.45) is 2.71. The van der Waals surface area contributed by atoms with Gasteiger partial charge in [-0.1, -0.05) is 30.3 Å². The molecule has 3 aliphatic rings. The standard InChI is InChI=1S/C14H13NO3/c16-12-14(9-18-14)13(8-17-13)7-11(15-12)6-10-4-2-1-3-5-10/h1-6H,7-9H2,(H,15,16)/b11-6-/t13-,14+/m1/s1. The van der Waals surface area contributed by atoms with Crippen molar-refractivity contribution in [1.82, 2.24) is 5.32 Å². The fraction of sp³-hybridized carbons (Fsp3) is 0.357. The van der Waals surface area contributed by atoms with Gasteiger partial charge in [-0.3, -0.25) is 4.79 Å². The summed E-state index contributed by atoms with van der Waals surface area (Å²) >= 11 is 0. The number of ether oxygens (including phenoxy) is 2. The average molecular weight is 243 g/mol. The maximum atomic E-state index is 12.1. The minimum Gasteiger partial charge on any atom is -0.365 e. The van der Waals surface area contributed by atoms with Crippen LogP contribution in [0.2, 0.25) is 0 Å². The molecule has 0 aromatic heterocycles. The number of carbonyl (C=O) groups excluding carboxylic acids is 1. The lowest BCUT2D eigenvalue weighted by Crippen LogP contribution is -2.53. The summed E-state index contributed by atoms with van der Waals surface area (Å²) in [5.74, 6) is -0.0616. The Morgan fingerprint density at radius 3 is 2.50 bits per heavy atom. The molecule has 1 amide bonds. The molecule has 0 aliphatic carbocycles. The highest BCUT2D eigenvalue weighted by atomic mass is 16.7. The lowest BCUT2D eigenvalue weighted by molar-refractivity contribution is -0.129. The van der Waals surface area contributed by atoms with Gasteiger partial charge in [0.2, 0.25) is 5.60 Å². The van der Waals surface area contributed by atoms with E-state index in [0.717, 1.165) is 11.3 Å². The number of benzene rings is 1. The summed E-state index contributed by atoms with van der Waals surface area (Å²) in [5, 5.41) is 2.93. The maximum Gasteiger partial charge on any atom is 0.261 e. The molecule has 0 radical (unpaired) electrons. The Kier molecular flexibility index (Phi) is 1.84. The van der Waals surface area contributed by atoms with Gasteiger partial charge in [0, 0.05) is 12.1 Å². The number of epoxide rings is 2. The number of rotatable bonds is 1. The van der Waals surface area contributed by atoms with Crippen molar-refractivity contribution in [3.8, 4) is 0 Å². The summed E-state index contributed by atoms with van der Waals surface area (Å²) in [7, 11) is 0. The quantitative estimate of drug-likeness (QED) is 0.751. The predicted octanol–water partition coefficient (Wildman–Crippen LogP) is 1.09. The van der Waals surface area contributed by atoms with Crippen molar-refractivity contribution >= 4 is 12.0 Å². The van der Waals surface area contributed by atoms with Crippen LogP contribution in [-0.4, -0.2) is 30.3 Å². The number of fused-ring (bicyclic) bond motifs is 1. The first kappa shape index (κ1) is 10.3. The van der Waals surface area contributed by atoms with Crippen LogP contribution >= 0.6 is 0 Å². The molecule has 3 fully saturated rings. The number of piperidine rings is 1. The lowest BCUT2D eigenvalue weighted by atomic mass is 9.84. The molecule has 92 valence electrons. The van der Waals surface area contributed by atoms with E-state index in [1.54, 1.807) is 0 Å². The van der Waals surface area contributed by atoms with Crippen LogP contribution in [0.5, 0.6) is 0 Å². The van der Waals surface area contributed by atoms with Crippen molar-refractivity contribution in [2.45, 2.75) is 17.6 Å². The third kappa shape index (κ3) is 1.30. The average Bonchev–Trinajstić information content (AvgIpc) is 3.23. The number of hydrogen-bond acceptors (Lipinski definition) is 3. The zero-order valence-corrected chi connectivity index (χ0v) is 9.81. The molecule has 1 aromatic carbocycles. The highest BCUT2D eigenvalue weighted by Crippen LogP contribution is 2.54. The predicted molar refractivity (Wildman–Crippen MR) is 64.5 cm³/mol. The van der Waals surface area contributed by atoms with Crippen molar-refractivity contribution in [3.63, 3.8) is 0 Å². The normalized spacial score (nSPS) is 39.1. The fourth-order valence-corrected chi connectivity index (χ4v) is 2.67. The molecular weight excluding hydrogens is 230 g/mol. The summed E-state index contributed by atoms with van der Waals surface area (Å²) < 4.78 is 10.9. The Labute approximate surface area is 105 Å². The minimum atomic E-state index is -0.693. The second kappa shape index (κ2) is 3.22. The monoisotopic (exact) mass is 243 g/mol. The van der Waals surface area contributed by atoms with Crippen LogP contribution < -0.4 is 5.32 Å². The molecule has 3 heterocycles. The van der Waals surface area contributed by atoms with E-state index < -0.39 is 11.2 Å². The number of carbonyl (C=O) groups is 1. The van der Waals surface area contributed by atoms with Crippen molar-refractivity contribution in [2.75, 3.05) is 13.2 Å². The van der Waals surface area contributed by atoms with Crippen LogP contribution in [0.25, 0.3) is 6.08 Å². The van der Waals surface area contributed by atoms with Gasteiger partial charge in [-0.2, -0.15) is 0 Å². The van der Waals surface area contributed by atoms with Gasteiger partial charge >= 0.3 is 0 Å². The van der Waals surface area contributed by atoms with Gasteiger partial charge in [-0.15, -0.1) is 0 Å². The van der Waals surface area contributed by atoms with E-state index in [9.17, 15) is 4.79 Å². The SMILES string of the molecule is O=C1N/C(=C\c2ccccc2)C[C@@]2(CO2)[C@]12CO2. The van der Waals surface area contributed by atoms with E-state index in [1.807, 2.05) is 36.4 Å². The number of nitrogens with one attached hydrogen (secondary N) is 1. The Morgan fingerprint density at radius 2 is 1.89 bits per heavy atom. The van der Waals surface area contributed by atoms with Gasteiger partial charge in [-0.25, -0.2) is 0 Å². The number of amides is 1. The molecule has 18 heavy (non-hydrogen) atoms. The molecule has 0 saturated carbocycles. The van der Waals surface area contributed by atoms with E-state index in [2.05, 4.69) is 5.32 Å². The highest BCUT2D eigenvalue weighted by molar-refractivity contribution is 5.93. The van der Waals surface area contributed by atoms with E-state index >= 15 is 0 Å². The summed E-state index contributed by atoms with van der Waals surface area (Å²) in [6, 6.07) is 9.95. The fourth-order valence-electron chi connectivity index (χ4n) is 2.67. The molecule has 2 atom stereocenters. The summed E-state index contributed by atoms with van der Waals surface area (Å²) in [4.78, 5) is 12.1. The summed E-state index contributed by atoms with van der Waals surface area (Å²) in [5.41, 5.74) is 0.901.